The first-order valence-corrected chi connectivity index (χ1v) is 7.45. The predicted molar refractivity (Wildman–Crippen MR) is 79.6 cm³/mol. The molecule has 1 aromatic heterocycles. The number of rotatable bonds is 4. The maximum atomic E-state index is 12.5. The van der Waals surface area contributed by atoms with Crippen LogP contribution in [0.4, 0.5) is 8.78 Å². The Bertz CT molecular complexity index is 687. The van der Waals surface area contributed by atoms with Crippen LogP contribution in [0.3, 0.4) is 0 Å². The number of amides is 1. The minimum Gasteiger partial charge on any atom is -0.493 e. The number of hydrogen-bond donors (Lipinski definition) is 1. The molecule has 3 rings (SSSR count). The molecule has 1 N–H and O–H groups in total. The number of para-hydroxylation sites is 1. The van der Waals surface area contributed by atoms with Gasteiger partial charge < -0.3 is 10.1 Å². The van der Waals surface area contributed by atoms with Crippen molar-refractivity contribution in [2.24, 2.45) is 5.92 Å². The predicted octanol–water partition coefficient (Wildman–Crippen LogP) is 2.65. The number of benzene rings is 1. The van der Waals surface area contributed by atoms with Crippen molar-refractivity contribution in [3.05, 3.63) is 47.8 Å². The third-order valence-corrected chi connectivity index (χ3v) is 3.86. The van der Waals surface area contributed by atoms with Crippen molar-refractivity contribution in [2.45, 2.75) is 19.4 Å². The molecule has 0 saturated carbocycles. The van der Waals surface area contributed by atoms with E-state index in [0.717, 1.165) is 30.4 Å². The van der Waals surface area contributed by atoms with Crippen LogP contribution in [0.25, 0.3) is 0 Å². The van der Waals surface area contributed by atoms with Gasteiger partial charge in [0.1, 0.15) is 11.4 Å². The van der Waals surface area contributed by atoms with Gasteiger partial charge in [-0.15, -0.1) is 0 Å². The first-order valence-electron chi connectivity index (χ1n) is 7.45. The topological polar surface area (TPSA) is 56.1 Å². The van der Waals surface area contributed by atoms with Crippen molar-refractivity contribution in [2.75, 3.05) is 13.2 Å². The normalized spacial score (nSPS) is 17.3. The van der Waals surface area contributed by atoms with Gasteiger partial charge in [-0.05, 0) is 36.5 Å². The van der Waals surface area contributed by atoms with Crippen LogP contribution in [0.1, 0.15) is 29.0 Å². The number of nitrogens with zero attached hydrogens (tertiary/aromatic N) is 2. The molecule has 122 valence electrons. The average Bonchev–Trinajstić information content (AvgIpc) is 2.95. The number of carbonyl (C=O) groups excluding carboxylic acids is 1. The van der Waals surface area contributed by atoms with Crippen molar-refractivity contribution < 1.29 is 18.3 Å². The van der Waals surface area contributed by atoms with Crippen LogP contribution in [0.15, 0.2) is 36.5 Å². The molecule has 1 amide bonds. The number of carbonyl (C=O) groups is 1. The standard InChI is InChI=1S/C16H17F2N3O2/c17-16(18)21-7-5-13(20-21)15(22)19-10-11-6-8-23-14-4-2-1-3-12(14)9-11/h1-5,7,11,16H,6,8-10H2,(H,19,22)/t11-/m1/s1. The van der Waals surface area contributed by atoms with E-state index in [4.69, 9.17) is 4.74 Å². The summed E-state index contributed by atoms with van der Waals surface area (Å²) in [6.45, 7) is -1.69. The van der Waals surface area contributed by atoms with E-state index in [9.17, 15) is 13.6 Å². The van der Waals surface area contributed by atoms with E-state index in [-0.39, 0.29) is 11.6 Å². The van der Waals surface area contributed by atoms with E-state index < -0.39 is 12.5 Å². The zero-order valence-electron chi connectivity index (χ0n) is 12.4. The summed E-state index contributed by atoms with van der Waals surface area (Å²) in [5, 5.41) is 6.32. The Labute approximate surface area is 132 Å². The maximum absolute atomic E-state index is 12.5. The van der Waals surface area contributed by atoms with E-state index in [1.54, 1.807) is 0 Å². The van der Waals surface area contributed by atoms with Crippen LogP contribution in [0.5, 0.6) is 5.75 Å². The molecule has 0 fully saturated rings. The highest BCUT2D eigenvalue weighted by atomic mass is 19.3. The zero-order chi connectivity index (χ0) is 16.2. The average molecular weight is 321 g/mol. The van der Waals surface area contributed by atoms with Crippen LogP contribution in [0.2, 0.25) is 0 Å². The fourth-order valence-electron chi connectivity index (χ4n) is 2.63. The smallest absolute Gasteiger partial charge is 0.333 e. The number of alkyl halides is 2. The van der Waals surface area contributed by atoms with E-state index in [1.807, 2.05) is 24.3 Å². The van der Waals surface area contributed by atoms with Crippen LogP contribution < -0.4 is 10.1 Å². The van der Waals surface area contributed by atoms with Gasteiger partial charge in [0.15, 0.2) is 0 Å². The molecule has 0 unspecified atom stereocenters. The fourth-order valence-corrected chi connectivity index (χ4v) is 2.63. The lowest BCUT2D eigenvalue weighted by atomic mass is 9.97. The SMILES string of the molecule is O=C(NC[C@@H]1CCOc2ccccc2C1)c1ccn(C(F)F)n1. The van der Waals surface area contributed by atoms with E-state index >= 15 is 0 Å². The lowest BCUT2D eigenvalue weighted by molar-refractivity contribution is 0.0559. The molecule has 0 bridgehead atoms. The summed E-state index contributed by atoms with van der Waals surface area (Å²) in [4.78, 5) is 12.0. The van der Waals surface area contributed by atoms with Gasteiger partial charge in [0.2, 0.25) is 0 Å². The Balaban J connectivity index is 1.58. The Kier molecular flexibility index (Phi) is 4.55. The third-order valence-electron chi connectivity index (χ3n) is 3.86. The van der Waals surface area contributed by atoms with Crippen LogP contribution in [-0.4, -0.2) is 28.8 Å². The Morgan fingerprint density at radius 3 is 3.00 bits per heavy atom. The number of ether oxygens (including phenoxy) is 1. The molecule has 1 aromatic carbocycles. The van der Waals surface area contributed by atoms with E-state index in [2.05, 4.69) is 10.4 Å². The second-order valence-electron chi connectivity index (χ2n) is 5.48. The summed E-state index contributed by atoms with van der Waals surface area (Å²) in [6, 6.07) is 9.13. The number of aromatic nitrogens is 2. The summed E-state index contributed by atoms with van der Waals surface area (Å²) in [5.74, 6) is 0.680. The molecule has 1 aliphatic rings. The summed E-state index contributed by atoms with van der Waals surface area (Å²) in [7, 11) is 0. The Hall–Kier alpha value is -2.44. The zero-order valence-corrected chi connectivity index (χ0v) is 12.4. The Morgan fingerprint density at radius 1 is 1.39 bits per heavy atom. The van der Waals surface area contributed by atoms with Crippen molar-refractivity contribution >= 4 is 5.91 Å². The number of nitrogens with one attached hydrogen (secondary N) is 1. The van der Waals surface area contributed by atoms with E-state index in [0.29, 0.717) is 17.8 Å². The maximum Gasteiger partial charge on any atom is 0.333 e. The summed E-state index contributed by atoms with van der Waals surface area (Å²) in [5.41, 5.74) is 1.11. The molecule has 23 heavy (non-hydrogen) atoms. The van der Waals surface area contributed by atoms with Crippen molar-refractivity contribution in [1.82, 2.24) is 15.1 Å². The molecule has 0 saturated heterocycles. The molecule has 1 atom stereocenters. The minimum absolute atomic E-state index is 0.00410. The third kappa shape index (κ3) is 3.67. The first-order chi connectivity index (χ1) is 11.1. The summed E-state index contributed by atoms with van der Waals surface area (Å²) < 4.78 is 31.1. The molecular formula is C16H17F2N3O2. The number of hydrogen-bond acceptors (Lipinski definition) is 3. The number of fused-ring (bicyclic) bond motifs is 1. The molecule has 5 nitrogen and oxygen atoms in total. The second-order valence-corrected chi connectivity index (χ2v) is 5.48. The molecule has 7 heteroatoms. The molecule has 2 aromatic rings. The second kappa shape index (κ2) is 6.76. The molecule has 1 aliphatic heterocycles. The fraction of sp³-hybridized carbons (Fsp3) is 0.375. The Morgan fingerprint density at radius 2 is 2.22 bits per heavy atom. The van der Waals surface area contributed by atoms with Gasteiger partial charge in [0, 0.05) is 12.7 Å². The summed E-state index contributed by atoms with van der Waals surface area (Å²) >= 11 is 0. The molecule has 0 spiro atoms. The lowest BCUT2D eigenvalue weighted by Crippen LogP contribution is -2.30. The van der Waals surface area contributed by atoms with Crippen molar-refractivity contribution in [1.29, 1.82) is 0 Å². The van der Waals surface area contributed by atoms with Gasteiger partial charge in [0.05, 0.1) is 6.61 Å². The van der Waals surface area contributed by atoms with Gasteiger partial charge in [-0.25, -0.2) is 4.68 Å². The van der Waals surface area contributed by atoms with Gasteiger partial charge in [-0.1, -0.05) is 18.2 Å². The van der Waals surface area contributed by atoms with Gasteiger partial charge in [0.25, 0.3) is 5.91 Å². The largest absolute Gasteiger partial charge is 0.493 e. The molecular weight excluding hydrogens is 304 g/mol. The van der Waals surface area contributed by atoms with Crippen molar-refractivity contribution in [3.63, 3.8) is 0 Å². The molecule has 0 radical (unpaired) electrons. The highest BCUT2D eigenvalue weighted by molar-refractivity contribution is 5.92. The molecule has 2 heterocycles. The van der Waals surface area contributed by atoms with Gasteiger partial charge in [-0.3, -0.25) is 4.79 Å². The molecule has 0 aliphatic carbocycles. The van der Waals surface area contributed by atoms with Crippen molar-refractivity contribution in [3.8, 4) is 5.75 Å². The van der Waals surface area contributed by atoms with Gasteiger partial charge >= 0.3 is 6.55 Å². The highest BCUT2D eigenvalue weighted by Gasteiger charge is 2.19. The van der Waals surface area contributed by atoms with Crippen LogP contribution in [-0.2, 0) is 6.42 Å². The summed E-state index contributed by atoms with van der Waals surface area (Å²) in [6.07, 6.45) is 2.72. The highest BCUT2D eigenvalue weighted by Crippen LogP contribution is 2.26. The minimum atomic E-state index is -2.74. The van der Waals surface area contributed by atoms with Crippen LogP contribution in [0, 0.1) is 5.92 Å². The lowest BCUT2D eigenvalue weighted by Gasteiger charge is -2.14. The number of halogens is 2. The van der Waals surface area contributed by atoms with Gasteiger partial charge in [-0.2, -0.15) is 13.9 Å². The monoisotopic (exact) mass is 321 g/mol. The quantitative estimate of drug-likeness (QED) is 0.942. The first kappa shape index (κ1) is 15.5. The van der Waals surface area contributed by atoms with Crippen LogP contribution >= 0.6 is 0 Å². The van der Waals surface area contributed by atoms with E-state index in [1.165, 1.54) is 6.07 Å².